The normalized spacial score (nSPS) is 10.2. The van der Waals surface area contributed by atoms with Crippen molar-refractivity contribution < 1.29 is 19.1 Å². The van der Waals surface area contributed by atoms with E-state index in [2.05, 4.69) is 10.1 Å². The highest BCUT2D eigenvalue weighted by atomic mass is 35.5. The Balaban J connectivity index is 2.09. The predicted octanol–water partition coefficient (Wildman–Crippen LogP) is 3.25. The van der Waals surface area contributed by atoms with E-state index in [0.717, 1.165) is 0 Å². The summed E-state index contributed by atoms with van der Waals surface area (Å²) in [4.78, 5) is 36.1. The number of carbonyl (C=O) groups excluding carboxylic acids is 3. The predicted molar refractivity (Wildman–Crippen MR) is 94.9 cm³/mol. The van der Waals surface area contributed by atoms with Gasteiger partial charge in [0.25, 0.3) is 5.91 Å². The first-order valence-corrected chi connectivity index (χ1v) is 8.15. The first-order chi connectivity index (χ1) is 12.0. The molecular formula is C19H18ClNO4. The number of hydrogen-bond acceptors (Lipinski definition) is 4. The first kappa shape index (κ1) is 18.7. The number of halogens is 1. The standard InChI is InChI=1S/C19H18ClNO4/c1-25-17(22)7-4-12-21-19(24)16-6-3-2-5-15(16)18(23)13-8-10-14(20)11-9-13/h2-3,5-6,8-11H,4,7,12H2,1H3,(H,21,24). The number of ketones is 1. The van der Waals surface area contributed by atoms with Crippen molar-refractivity contribution in [1.29, 1.82) is 0 Å². The highest BCUT2D eigenvalue weighted by molar-refractivity contribution is 6.30. The number of benzene rings is 2. The molecule has 0 radical (unpaired) electrons. The number of esters is 1. The Labute approximate surface area is 150 Å². The second kappa shape index (κ2) is 8.99. The summed E-state index contributed by atoms with van der Waals surface area (Å²) < 4.78 is 4.54. The van der Waals surface area contributed by atoms with Crippen molar-refractivity contribution in [3.8, 4) is 0 Å². The van der Waals surface area contributed by atoms with Crippen LogP contribution in [0.2, 0.25) is 5.02 Å². The third-order valence-electron chi connectivity index (χ3n) is 3.59. The van der Waals surface area contributed by atoms with Gasteiger partial charge in [0.2, 0.25) is 0 Å². The molecule has 1 N–H and O–H groups in total. The largest absolute Gasteiger partial charge is 0.469 e. The Hall–Kier alpha value is -2.66. The molecule has 0 saturated heterocycles. The van der Waals surface area contributed by atoms with Crippen LogP contribution >= 0.6 is 11.6 Å². The van der Waals surface area contributed by atoms with Crippen molar-refractivity contribution in [3.63, 3.8) is 0 Å². The second-order valence-corrected chi connectivity index (χ2v) is 5.75. The maximum absolute atomic E-state index is 12.7. The third kappa shape index (κ3) is 5.16. The lowest BCUT2D eigenvalue weighted by atomic mass is 9.98. The van der Waals surface area contributed by atoms with Gasteiger partial charge in [-0.05, 0) is 36.8 Å². The molecular weight excluding hydrogens is 342 g/mol. The van der Waals surface area contributed by atoms with Crippen molar-refractivity contribution in [2.24, 2.45) is 0 Å². The van der Waals surface area contributed by atoms with E-state index in [-0.39, 0.29) is 24.1 Å². The Morgan fingerprint density at radius 1 is 1.00 bits per heavy atom. The van der Waals surface area contributed by atoms with Crippen LogP contribution < -0.4 is 5.32 Å². The smallest absolute Gasteiger partial charge is 0.305 e. The van der Waals surface area contributed by atoms with Gasteiger partial charge in [-0.25, -0.2) is 0 Å². The zero-order chi connectivity index (χ0) is 18.2. The lowest BCUT2D eigenvalue weighted by Gasteiger charge is -2.09. The van der Waals surface area contributed by atoms with E-state index >= 15 is 0 Å². The highest BCUT2D eigenvalue weighted by Crippen LogP contribution is 2.17. The van der Waals surface area contributed by atoms with Gasteiger partial charge in [-0.3, -0.25) is 14.4 Å². The van der Waals surface area contributed by atoms with Crippen molar-refractivity contribution in [1.82, 2.24) is 5.32 Å². The fourth-order valence-electron chi connectivity index (χ4n) is 2.27. The molecule has 0 heterocycles. The summed E-state index contributed by atoms with van der Waals surface area (Å²) in [7, 11) is 1.32. The molecule has 0 atom stereocenters. The van der Waals surface area contributed by atoms with Crippen LogP contribution in [0.25, 0.3) is 0 Å². The summed E-state index contributed by atoms with van der Waals surface area (Å²) in [5, 5.41) is 3.25. The topological polar surface area (TPSA) is 72.5 Å². The highest BCUT2D eigenvalue weighted by Gasteiger charge is 2.17. The van der Waals surface area contributed by atoms with E-state index < -0.39 is 0 Å². The Bertz CT molecular complexity index is 771. The van der Waals surface area contributed by atoms with Gasteiger partial charge in [0, 0.05) is 29.1 Å². The fraction of sp³-hybridized carbons (Fsp3) is 0.211. The summed E-state index contributed by atoms with van der Waals surface area (Å²) in [6.07, 6.45) is 0.688. The molecule has 2 aromatic carbocycles. The number of hydrogen-bond donors (Lipinski definition) is 1. The lowest BCUT2D eigenvalue weighted by Crippen LogP contribution is -2.26. The van der Waals surface area contributed by atoms with Crippen molar-refractivity contribution in [3.05, 3.63) is 70.2 Å². The monoisotopic (exact) mass is 359 g/mol. The third-order valence-corrected chi connectivity index (χ3v) is 3.85. The van der Waals surface area contributed by atoms with Gasteiger partial charge in [0.15, 0.2) is 5.78 Å². The molecule has 0 spiro atoms. The molecule has 2 aromatic rings. The maximum Gasteiger partial charge on any atom is 0.305 e. The van der Waals surface area contributed by atoms with Crippen LogP contribution in [0.5, 0.6) is 0 Å². The van der Waals surface area contributed by atoms with Crippen molar-refractivity contribution in [2.75, 3.05) is 13.7 Å². The van der Waals surface area contributed by atoms with E-state index in [4.69, 9.17) is 11.6 Å². The molecule has 6 heteroatoms. The van der Waals surface area contributed by atoms with Gasteiger partial charge in [0.1, 0.15) is 0 Å². The minimum absolute atomic E-state index is 0.224. The van der Waals surface area contributed by atoms with Gasteiger partial charge in [-0.2, -0.15) is 0 Å². The van der Waals surface area contributed by atoms with E-state index in [1.54, 1.807) is 48.5 Å². The molecule has 25 heavy (non-hydrogen) atoms. The molecule has 0 unspecified atom stereocenters. The van der Waals surface area contributed by atoms with Crippen molar-refractivity contribution >= 4 is 29.3 Å². The van der Waals surface area contributed by atoms with Crippen LogP contribution in [0.3, 0.4) is 0 Å². The average molecular weight is 360 g/mol. The molecule has 0 saturated carbocycles. The quantitative estimate of drug-likeness (QED) is 0.468. The molecule has 0 aliphatic rings. The Morgan fingerprint density at radius 3 is 2.28 bits per heavy atom. The molecule has 0 aromatic heterocycles. The zero-order valence-corrected chi connectivity index (χ0v) is 14.5. The first-order valence-electron chi connectivity index (χ1n) is 7.77. The van der Waals surface area contributed by atoms with Crippen molar-refractivity contribution in [2.45, 2.75) is 12.8 Å². The van der Waals surface area contributed by atoms with Gasteiger partial charge in [-0.15, -0.1) is 0 Å². The van der Waals surface area contributed by atoms with Crippen LogP contribution in [0, 0.1) is 0 Å². The molecule has 1 amide bonds. The molecule has 130 valence electrons. The van der Waals surface area contributed by atoms with Crippen LogP contribution in [0.4, 0.5) is 0 Å². The fourth-order valence-corrected chi connectivity index (χ4v) is 2.39. The van der Waals surface area contributed by atoms with Crippen LogP contribution in [0.1, 0.15) is 39.1 Å². The number of nitrogens with one attached hydrogen (secondary N) is 1. The SMILES string of the molecule is COC(=O)CCCNC(=O)c1ccccc1C(=O)c1ccc(Cl)cc1. The summed E-state index contributed by atoms with van der Waals surface area (Å²) in [6.45, 7) is 0.317. The lowest BCUT2D eigenvalue weighted by molar-refractivity contribution is -0.140. The zero-order valence-electron chi connectivity index (χ0n) is 13.8. The number of carbonyl (C=O) groups is 3. The molecule has 0 aliphatic heterocycles. The maximum atomic E-state index is 12.7. The molecule has 0 fully saturated rings. The number of amides is 1. The van der Waals surface area contributed by atoms with E-state index in [1.165, 1.54) is 7.11 Å². The number of methoxy groups -OCH3 is 1. The summed E-state index contributed by atoms with van der Waals surface area (Å²) in [5.74, 6) is -0.938. The Kier molecular flexibility index (Phi) is 6.71. The van der Waals surface area contributed by atoms with Crippen LogP contribution in [-0.2, 0) is 9.53 Å². The minimum Gasteiger partial charge on any atom is -0.469 e. The summed E-state index contributed by atoms with van der Waals surface area (Å²) >= 11 is 5.84. The van der Waals surface area contributed by atoms with Crippen LogP contribution in [-0.4, -0.2) is 31.3 Å². The minimum atomic E-state index is -0.359. The molecule has 0 bridgehead atoms. The van der Waals surface area contributed by atoms with Gasteiger partial charge in [-0.1, -0.05) is 29.8 Å². The number of ether oxygens (including phenoxy) is 1. The van der Waals surface area contributed by atoms with Crippen LogP contribution in [0.15, 0.2) is 48.5 Å². The van der Waals surface area contributed by atoms with E-state index in [1.807, 2.05) is 0 Å². The van der Waals surface area contributed by atoms with E-state index in [9.17, 15) is 14.4 Å². The number of rotatable bonds is 7. The van der Waals surface area contributed by atoms with E-state index in [0.29, 0.717) is 34.7 Å². The molecule has 5 nitrogen and oxygen atoms in total. The summed E-state index contributed by atoms with van der Waals surface area (Å²) in [5.41, 5.74) is 1.06. The van der Waals surface area contributed by atoms with Gasteiger partial charge < -0.3 is 10.1 Å². The Morgan fingerprint density at radius 2 is 1.64 bits per heavy atom. The van der Waals surface area contributed by atoms with Gasteiger partial charge in [0.05, 0.1) is 12.7 Å². The van der Waals surface area contributed by atoms with Gasteiger partial charge >= 0.3 is 5.97 Å². The summed E-state index contributed by atoms with van der Waals surface area (Å²) in [6, 6.07) is 13.1. The second-order valence-electron chi connectivity index (χ2n) is 5.32. The average Bonchev–Trinajstić information content (AvgIpc) is 2.64. The molecule has 2 rings (SSSR count). The molecule has 0 aliphatic carbocycles.